The van der Waals surface area contributed by atoms with Crippen molar-refractivity contribution >= 4 is 23.2 Å². The minimum atomic E-state index is -0.892. The molecule has 1 aliphatic heterocycles. The largest absolute Gasteiger partial charge is 0.381 e. The Balaban J connectivity index is 2.12. The van der Waals surface area contributed by atoms with Gasteiger partial charge in [-0.2, -0.15) is 0 Å². The van der Waals surface area contributed by atoms with Crippen LogP contribution in [0.15, 0.2) is 18.2 Å². The number of carbonyl (C=O) groups is 2. The highest BCUT2D eigenvalue weighted by Crippen LogP contribution is 2.23. The SMILES string of the molecule is CC(=O)Nc1cc(NC(=O)C2(N)CCOCC2)ccc1C. The van der Waals surface area contributed by atoms with Crippen molar-refractivity contribution < 1.29 is 14.3 Å². The summed E-state index contributed by atoms with van der Waals surface area (Å²) in [6.45, 7) is 4.32. The molecule has 2 rings (SSSR count). The number of hydrogen-bond acceptors (Lipinski definition) is 4. The fraction of sp³-hybridized carbons (Fsp3) is 0.467. The third kappa shape index (κ3) is 3.80. The third-order valence-electron chi connectivity index (χ3n) is 3.64. The van der Waals surface area contributed by atoms with Crippen molar-refractivity contribution in [2.75, 3.05) is 23.8 Å². The Hall–Kier alpha value is -1.92. The van der Waals surface area contributed by atoms with Crippen molar-refractivity contribution in [1.29, 1.82) is 0 Å². The van der Waals surface area contributed by atoms with E-state index in [9.17, 15) is 9.59 Å². The van der Waals surface area contributed by atoms with Crippen LogP contribution >= 0.6 is 0 Å². The van der Waals surface area contributed by atoms with Crippen LogP contribution in [0.1, 0.15) is 25.3 Å². The number of carbonyl (C=O) groups excluding carboxylic acids is 2. The van der Waals surface area contributed by atoms with Crippen LogP contribution in [0.3, 0.4) is 0 Å². The highest BCUT2D eigenvalue weighted by Gasteiger charge is 2.35. The topological polar surface area (TPSA) is 93.5 Å². The van der Waals surface area contributed by atoms with E-state index in [0.29, 0.717) is 37.4 Å². The van der Waals surface area contributed by atoms with Gasteiger partial charge in [0, 0.05) is 31.5 Å². The van der Waals surface area contributed by atoms with Crippen molar-refractivity contribution in [3.8, 4) is 0 Å². The molecule has 6 heteroatoms. The van der Waals surface area contributed by atoms with Gasteiger partial charge in [0.1, 0.15) is 5.54 Å². The molecule has 1 aromatic carbocycles. The number of nitrogens with one attached hydrogen (secondary N) is 2. The lowest BCUT2D eigenvalue weighted by Gasteiger charge is -2.31. The van der Waals surface area contributed by atoms with Gasteiger partial charge in [0.25, 0.3) is 0 Å². The summed E-state index contributed by atoms with van der Waals surface area (Å²) < 4.78 is 5.24. The second-order valence-electron chi connectivity index (χ2n) is 5.43. The third-order valence-corrected chi connectivity index (χ3v) is 3.64. The van der Waals surface area contributed by atoms with Gasteiger partial charge in [0.15, 0.2) is 0 Å². The zero-order chi connectivity index (χ0) is 15.5. The summed E-state index contributed by atoms with van der Waals surface area (Å²) in [5, 5.41) is 5.56. The zero-order valence-corrected chi connectivity index (χ0v) is 12.4. The molecule has 0 saturated carbocycles. The summed E-state index contributed by atoms with van der Waals surface area (Å²) in [5.41, 5.74) is 7.47. The predicted molar refractivity (Wildman–Crippen MR) is 81.1 cm³/mol. The molecule has 114 valence electrons. The molecule has 0 spiro atoms. The van der Waals surface area contributed by atoms with E-state index in [1.807, 2.05) is 13.0 Å². The Kier molecular flexibility index (Phi) is 4.59. The minimum absolute atomic E-state index is 0.152. The Bertz CT molecular complexity index is 551. The molecule has 1 fully saturated rings. The maximum atomic E-state index is 12.3. The van der Waals surface area contributed by atoms with E-state index in [0.717, 1.165) is 5.56 Å². The molecule has 0 unspecified atom stereocenters. The first-order valence-electron chi connectivity index (χ1n) is 6.97. The van der Waals surface area contributed by atoms with E-state index >= 15 is 0 Å². The smallest absolute Gasteiger partial charge is 0.244 e. The maximum Gasteiger partial charge on any atom is 0.244 e. The summed E-state index contributed by atoms with van der Waals surface area (Å²) in [5.74, 6) is -0.371. The molecule has 4 N–H and O–H groups in total. The van der Waals surface area contributed by atoms with Crippen molar-refractivity contribution in [1.82, 2.24) is 0 Å². The summed E-state index contributed by atoms with van der Waals surface area (Å²) in [6, 6.07) is 5.37. The van der Waals surface area contributed by atoms with Crippen molar-refractivity contribution in [3.05, 3.63) is 23.8 Å². The van der Waals surface area contributed by atoms with Crippen LogP contribution in [-0.4, -0.2) is 30.6 Å². The first-order valence-corrected chi connectivity index (χ1v) is 6.97. The molecular weight excluding hydrogens is 270 g/mol. The molecule has 0 bridgehead atoms. The highest BCUT2D eigenvalue weighted by molar-refractivity contribution is 5.99. The molecule has 1 saturated heterocycles. The highest BCUT2D eigenvalue weighted by atomic mass is 16.5. The predicted octanol–water partition coefficient (Wildman–Crippen LogP) is 1.40. The molecule has 0 atom stereocenters. The molecule has 0 radical (unpaired) electrons. The van der Waals surface area contributed by atoms with Gasteiger partial charge in [0.05, 0.1) is 0 Å². The van der Waals surface area contributed by atoms with Gasteiger partial charge < -0.3 is 21.1 Å². The Morgan fingerprint density at radius 3 is 2.52 bits per heavy atom. The number of hydrogen-bond donors (Lipinski definition) is 3. The van der Waals surface area contributed by atoms with Gasteiger partial charge in [0.2, 0.25) is 11.8 Å². The number of ether oxygens (including phenoxy) is 1. The molecule has 2 amide bonds. The lowest BCUT2D eigenvalue weighted by molar-refractivity contribution is -0.124. The Morgan fingerprint density at radius 2 is 1.90 bits per heavy atom. The quantitative estimate of drug-likeness (QED) is 0.784. The van der Waals surface area contributed by atoms with Crippen LogP contribution < -0.4 is 16.4 Å². The molecule has 1 heterocycles. The Labute approximate surface area is 124 Å². The van der Waals surface area contributed by atoms with E-state index in [2.05, 4.69) is 10.6 Å². The van der Waals surface area contributed by atoms with Crippen LogP contribution in [0.2, 0.25) is 0 Å². The number of anilines is 2. The summed E-state index contributed by atoms with van der Waals surface area (Å²) >= 11 is 0. The van der Waals surface area contributed by atoms with E-state index in [1.54, 1.807) is 12.1 Å². The summed E-state index contributed by atoms with van der Waals surface area (Å²) in [6.07, 6.45) is 1.01. The van der Waals surface area contributed by atoms with E-state index in [-0.39, 0.29) is 11.8 Å². The summed E-state index contributed by atoms with van der Waals surface area (Å²) in [7, 11) is 0. The van der Waals surface area contributed by atoms with E-state index in [4.69, 9.17) is 10.5 Å². The normalized spacial score (nSPS) is 17.1. The number of amides is 2. The van der Waals surface area contributed by atoms with Gasteiger partial charge in [-0.3, -0.25) is 9.59 Å². The van der Waals surface area contributed by atoms with Crippen molar-refractivity contribution in [2.24, 2.45) is 5.73 Å². The van der Waals surface area contributed by atoms with Gasteiger partial charge in [-0.05, 0) is 37.5 Å². The summed E-state index contributed by atoms with van der Waals surface area (Å²) in [4.78, 5) is 23.5. The monoisotopic (exact) mass is 291 g/mol. The fourth-order valence-corrected chi connectivity index (χ4v) is 2.24. The van der Waals surface area contributed by atoms with Crippen LogP contribution in [0.25, 0.3) is 0 Å². The molecule has 21 heavy (non-hydrogen) atoms. The van der Waals surface area contributed by atoms with Crippen molar-refractivity contribution in [2.45, 2.75) is 32.2 Å². The second kappa shape index (κ2) is 6.24. The first-order chi connectivity index (χ1) is 9.90. The number of nitrogens with two attached hydrogens (primary N) is 1. The van der Waals surface area contributed by atoms with Crippen LogP contribution in [0.5, 0.6) is 0 Å². The van der Waals surface area contributed by atoms with Gasteiger partial charge in [-0.1, -0.05) is 6.07 Å². The number of aryl methyl sites for hydroxylation is 1. The van der Waals surface area contributed by atoms with E-state index < -0.39 is 5.54 Å². The lowest BCUT2D eigenvalue weighted by atomic mass is 9.90. The van der Waals surface area contributed by atoms with E-state index in [1.165, 1.54) is 6.92 Å². The Morgan fingerprint density at radius 1 is 1.24 bits per heavy atom. The number of benzene rings is 1. The molecule has 0 aromatic heterocycles. The average molecular weight is 291 g/mol. The van der Waals surface area contributed by atoms with Crippen LogP contribution in [0.4, 0.5) is 11.4 Å². The number of rotatable bonds is 3. The molecule has 1 aromatic rings. The minimum Gasteiger partial charge on any atom is -0.381 e. The van der Waals surface area contributed by atoms with Crippen molar-refractivity contribution in [3.63, 3.8) is 0 Å². The standard InChI is InChI=1S/C15H21N3O3/c1-10-3-4-12(9-13(10)17-11(2)19)18-14(20)15(16)5-7-21-8-6-15/h3-4,9H,5-8,16H2,1-2H3,(H,17,19)(H,18,20). The lowest BCUT2D eigenvalue weighted by Crippen LogP contribution is -2.54. The van der Waals surface area contributed by atoms with Gasteiger partial charge in [-0.15, -0.1) is 0 Å². The second-order valence-corrected chi connectivity index (χ2v) is 5.43. The molecule has 1 aliphatic rings. The molecule has 0 aliphatic carbocycles. The zero-order valence-electron chi connectivity index (χ0n) is 12.4. The fourth-order valence-electron chi connectivity index (χ4n) is 2.24. The van der Waals surface area contributed by atoms with Crippen LogP contribution in [-0.2, 0) is 14.3 Å². The molecule has 6 nitrogen and oxygen atoms in total. The first kappa shape index (κ1) is 15.5. The van der Waals surface area contributed by atoms with Crippen LogP contribution in [0, 0.1) is 6.92 Å². The molecular formula is C15H21N3O3. The average Bonchev–Trinajstić information content (AvgIpc) is 2.43. The van der Waals surface area contributed by atoms with Gasteiger partial charge in [-0.25, -0.2) is 0 Å². The van der Waals surface area contributed by atoms with Gasteiger partial charge >= 0.3 is 0 Å². The maximum absolute atomic E-state index is 12.3.